The molecule has 1 saturated carbocycles. The van der Waals surface area contributed by atoms with Crippen LogP contribution in [0.25, 0.3) is 10.8 Å². The zero-order valence-electron chi connectivity index (χ0n) is 26.0. The highest BCUT2D eigenvalue weighted by Gasteiger charge is 2.45. The van der Waals surface area contributed by atoms with Crippen LogP contribution in [-0.2, 0) is 17.8 Å². The van der Waals surface area contributed by atoms with Crippen LogP contribution in [0.2, 0.25) is 0 Å². The molecular weight excluding hydrogens is 548 g/mol. The molecule has 230 valence electrons. The molecule has 0 atom stereocenters. The Hall–Kier alpha value is -3.91. The number of carbonyl (C=O) groups excluding carboxylic acids is 2. The van der Waals surface area contributed by atoms with Crippen molar-refractivity contribution in [2.24, 2.45) is 0 Å². The second-order valence-electron chi connectivity index (χ2n) is 13.2. The van der Waals surface area contributed by atoms with Gasteiger partial charge in [0.05, 0.1) is 17.8 Å². The molecule has 3 fully saturated rings. The van der Waals surface area contributed by atoms with E-state index in [1.54, 1.807) is 0 Å². The van der Waals surface area contributed by atoms with Gasteiger partial charge < -0.3 is 24.9 Å². The number of aromatic nitrogens is 1. The molecule has 8 nitrogen and oxygen atoms in total. The van der Waals surface area contributed by atoms with E-state index in [4.69, 9.17) is 4.98 Å². The van der Waals surface area contributed by atoms with Gasteiger partial charge in [-0.15, -0.1) is 0 Å². The minimum atomic E-state index is -0.130. The number of nitrogens with one attached hydrogen (secondary N) is 1. The predicted octanol–water partition coefficient (Wildman–Crippen LogP) is 4.69. The van der Waals surface area contributed by atoms with Crippen molar-refractivity contribution in [2.75, 3.05) is 62.2 Å². The number of hydrogen-bond acceptors (Lipinski definition) is 6. The van der Waals surface area contributed by atoms with Crippen molar-refractivity contribution in [3.63, 3.8) is 0 Å². The predicted molar refractivity (Wildman–Crippen MR) is 176 cm³/mol. The Balaban J connectivity index is 1.19. The number of likely N-dealkylation sites (tertiary alicyclic amines) is 1. The van der Waals surface area contributed by atoms with Crippen molar-refractivity contribution in [1.29, 1.82) is 0 Å². The first kappa shape index (κ1) is 28.8. The Labute approximate surface area is 260 Å². The standard InChI is InChI=1S/C36H44N6O2/c1-3-33(43)41-21-19-40(20-22-41)32-23-29(35(44)38-36(14-15-36)25-39-16-5-4-6-17-39)37-30-24-42(18-13-28(30)32)31-12-8-11-27-10-7-9-26(2)34(27)31/h3,7-12,23H,1,4-6,13-22,24-25H2,2H3,(H,38,44). The molecule has 3 aliphatic heterocycles. The smallest absolute Gasteiger partial charge is 0.270 e. The SMILES string of the molecule is C=CC(=O)N1CCN(c2cc(C(=O)NC3(CN4CCCCC4)CC3)nc3c2CCN(c2cccc4cccc(C)c24)C3)CC1. The van der Waals surface area contributed by atoms with Gasteiger partial charge in [0, 0.05) is 61.6 Å². The van der Waals surface area contributed by atoms with Crippen LogP contribution < -0.4 is 15.1 Å². The van der Waals surface area contributed by atoms with E-state index in [9.17, 15) is 9.59 Å². The number of benzene rings is 2. The lowest BCUT2D eigenvalue weighted by Crippen LogP contribution is -2.49. The fraction of sp³-hybridized carbons (Fsp3) is 0.472. The first-order chi connectivity index (χ1) is 21.4. The topological polar surface area (TPSA) is 72.0 Å². The van der Waals surface area contributed by atoms with Crippen LogP contribution in [0.3, 0.4) is 0 Å². The first-order valence-electron chi connectivity index (χ1n) is 16.4. The van der Waals surface area contributed by atoms with Crippen molar-refractivity contribution in [3.8, 4) is 0 Å². The fourth-order valence-electron chi connectivity index (χ4n) is 7.51. The zero-order chi connectivity index (χ0) is 30.3. The average molecular weight is 593 g/mol. The summed E-state index contributed by atoms with van der Waals surface area (Å²) in [6.45, 7) is 13.3. The highest BCUT2D eigenvalue weighted by molar-refractivity contribution is 5.97. The molecule has 1 N–H and O–H groups in total. The van der Waals surface area contributed by atoms with Gasteiger partial charge in [-0.05, 0) is 81.3 Å². The van der Waals surface area contributed by atoms with E-state index in [2.05, 4.69) is 69.9 Å². The third-order valence-electron chi connectivity index (χ3n) is 10.1. The zero-order valence-corrected chi connectivity index (χ0v) is 26.0. The molecule has 0 bridgehead atoms. The summed E-state index contributed by atoms with van der Waals surface area (Å²) < 4.78 is 0. The molecule has 4 heterocycles. The number of carbonyl (C=O) groups is 2. The maximum absolute atomic E-state index is 13.9. The first-order valence-corrected chi connectivity index (χ1v) is 16.4. The minimum Gasteiger partial charge on any atom is -0.368 e. The van der Waals surface area contributed by atoms with Gasteiger partial charge in [-0.2, -0.15) is 0 Å². The van der Waals surface area contributed by atoms with E-state index < -0.39 is 0 Å². The van der Waals surface area contributed by atoms with Crippen molar-refractivity contribution in [2.45, 2.75) is 57.5 Å². The van der Waals surface area contributed by atoms with Crippen LogP contribution in [0.15, 0.2) is 55.1 Å². The molecule has 1 aromatic heterocycles. The lowest BCUT2D eigenvalue weighted by Gasteiger charge is -2.39. The third kappa shape index (κ3) is 5.68. The summed E-state index contributed by atoms with van der Waals surface area (Å²) in [4.78, 5) is 40.4. The number of hydrogen-bond donors (Lipinski definition) is 1. The number of fused-ring (bicyclic) bond motifs is 2. The number of amides is 2. The molecule has 44 heavy (non-hydrogen) atoms. The second-order valence-corrected chi connectivity index (χ2v) is 13.2. The van der Waals surface area contributed by atoms with Gasteiger partial charge in [0.15, 0.2) is 0 Å². The summed E-state index contributed by atoms with van der Waals surface area (Å²) >= 11 is 0. The average Bonchev–Trinajstić information content (AvgIpc) is 3.82. The Morgan fingerprint density at radius 2 is 1.68 bits per heavy atom. The van der Waals surface area contributed by atoms with Gasteiger partial charge in [0.25, 0.3) is 5.91 Å². The molecule has 1 aliphatic carbocycles. The number of piperidine rings is 1. The summed E-state index contributed by atoms with van der Waals surface area (Å²) in [6, 6.07) is 15.0. The van der Waals surface area contributed by atoms with Gasteiger partial charge in [-0.1, -0.05) is 43.3 Å². The van der Waals surface area contributed by atoms with E-state index in [0.717, 1.165) is 69.9 Å². The Morgan fingerprint density at radius 3 is 2.41 bits per heavy atom. The molecule has 2 saturated heterocycles. The Morgan fingerprint density at radius 1 is 0.932 bits per heavy atom. The molecular formula is C36H44N6O2. The number of pyridine rings is 1. The van der Waals surface area contributed by atoms with E-state index in [1.807, 2.05) is 11.0 Å². The van der Waals surface area contributed by atoms with Gasteiger partial charge in [-0.25, -0.2) is 4.98 Å². The quantitative estimate of drug-likeness (QED) is 0.402. The van der Waals surface area contributed by atoms with E-state index in [0.29, 0.717) is 25.3 Å². The molecule has 0 spiro atoms. The highest BCUT2D eigenvalue weighted by atomic mass is 16.2. The molecule has 2 amide bonds. The van der Waals surface area contributed by atoms with Gasteiger partial charge >= 0.3 is 0 Å². The molecule has 7 rings (SSSR count). The molecule has 8 heteroatoms. The molecule has 3 aromatic rings. The maximum Gasteiger partial charge on any atom is 0.270 e. The van der Waals surface area contributed by atoms with Crippen LogP contribution in [0.4, 0.5) is 11.4 Å². The maximum atomic E-state index is 13.9. The largest absolute Gasteiger partial charge is 0.368 e. The number of anilines is 2. The van der Waals surface area contributed by atoms with Crippen molar-refractivity contribution < 1.29 is 9.59 Å². The van der Waals surface area contributed by atoms with Gasteiger partial charge in [0.1, 0.15) is 5.69 Å². The van der Waals surface area contributed by atoms with Crippen molar-refractivity contribution in [1.82, 2.24) is 20.1 Å². The van der Waals surface area contributed by atoms with Gasteiger partial charge in [-0.3, -0.25) is 9.59 Å². The van der Waals surface area contributed by atoms with Crippen LogP contribution in [-0.4, -0.2) is 84.5 Å². The number of piperazine rings is 1. The van der Waals surface area contributed by atoms with E-state index in [-0.39, 0.29) is 17.4 Å². The second kappa shape index (κ2) is 11.9. The van der Waals surface area contributed by atoms with Crippen LogP contribution >= 0.6 is 0 Å². The van der Waals surface area contributed by atoms with Gasteiger partial charge in [0.2, 0.25) is 5.91 Å². The number of nitrogens with zero attached hydrogens (tertiary/aromatic N) is 5. The molecule has 0 unspecified atom stereocenters. The molecule has 0 radical (unpaired) electrons. The fourth-order valence-corrected chi connectivity index (χ4v) is 7.51. The summed E-state index contributed by atoms with van der Waals surface area (Å²) in [6.07, 6.45) is 8.11. The summed E-state index contributed by atoms with van der Waals surface area (Å²) in [7, 11) is 0. The minimum absolute atomic E-state index is 0.0223. The van der Waals surface area contributed by atoms with Crippen molar-refractivity contribution >= 4 is 34.0 Å². The lowest BCUT2D eigenvalue weighted by atomic mass is 9.97. The monoisotopic (exact) mass is 592 g/mol. The van der Waals surface area contributed by atoms with Crippen LogP contribution in [0, 0.1) is 6.92 Å². The van der Waals surface area contributed by atoms with E-state index >= 15 is 0 Å². The Kier molecular flexibility index (Phi) is 7.79. The number of rotatable bonds is 7. The normalized spacial score (nSPS) is 19.9. The summed E-state index contributed by atoms with van der Waals surface area (Å²) in [5, 5.41) is 5.96. The third-order valence-corrected chi connectivity index (χ3v) is 10.1. The Bertz CT molecular complexity index is 1580. The molecule has 2 aromatic carbocycles. The summed E-state index contributed by atoms with van der Waals surface area (Å²) in [5.74, 6) is -0.0897. The van der Waals surface area contributed by atoms with Crippen LogP contribution in [0.5, 0.6) is 0 Å². The van der Waals surface area contributed by atoms with Crippen molar-refractivity contribution in [3.05, 3.63) is 77.6 Å². The summed E-state index contributed by atoms with van der Waals surface area (Å²) in [5.41, 5.74) is 6.17. The highest BCUT2D eigenvalue weighted by Crippen LogP contribution is 2.38. The number of aryl methyl sites for hydroxylation is 1. The van der Waals surface area contributed by atoms with E-state index in [1.165, 1.54) is 52.9 Å². The van der Waals surface area contributed by atoms with Crippen LogP contribution in [0.1, 0.15) is 59.4 Å². The molecule has 4 aliphatic rings. The lowest BCUT2D eigenvalue weighted by molar-refractivity contribution is -0.126.